The molecular weight excluding hydrogens is 318 g/mol. The Kier molecular flexibility index (Phi) is 5.06. The summed E-state index contributed by atoms with van der Waals surface area (Å²) >= 11 is 0. The fourth-order valence-corrected chi connectivity index (χ4v) is 3.88. The van der Waals surface area contributed by atoms with Gasteiger partial charge in [0.2, 0.25) is 17.7 Å². The molecule has 2 aliphatic heterocycles. The molecule has 2 heterocycles. The van der Waals surface area contributed by atoms with Crippen LogP contribution in [0.15, 0.2) is 30.3 Å². The Morgan fingerprint density at radius 2 is 1.80 bits per heavy atom. The van der Waals surface area contributed by atoms with E-state index in [1.165, 1.54) is 0 Å². The van der Waals surface area contributed by atoms with Gasteiger partial charge in [0.05, 0.1) is 0 Å². The molecule has 2 saturated heterocycles. The lowest BCUT2D eigenvalue weighted by atomic mass is 10.1. The average molecular weight is 343 g/mol. The Labute approximate surface area is 148 Å². The summed E-state index contributed by atoms with van der Waals surface area (Å²) in [6, 6.07) is 9.15. The fraction of sp³-hybridized carbons (Fsp3) is 0.526. The van der Waals surface area contributed by atoms with Gasteiger partial charge in [-0.1, -0.05) is 18.2 Å². The van der Waals surface area contributed by atoms with E-state index in [1.54, 1.807) is 28.7 Å². The van der Waals surface area contributed by atoms with E-state index in [0.29, 0.717) is 19.5 Å². The van der Waals surface area contributed by atoms with Gasteiger partial charge in [0.15, 0.2) is 0 Å². The third-order valence-electron chi connectivity index (χ3n) is 5.32. The van der Waals surface area contributed by atoms with Crippen molar-refractivity contribution in [2.24, 2.45) is 0 Å². The largest absolute Gasteiger partial charge is 0.342 e. The Morgan fingerprint density at radius 3 is 2.48 bits per heavy atom. The lowest BCUT2D eigenvalue weighted by molar-refractivity contribution is -0.142. The molecule has 1 aromatic rings. The number of amides is 3. The second kappa shape index (κ2) is 7.25. The predicted octanol–water partition coefficient (Wildman–Crippen LogP) is 1.65. The Balaban J connectivity index is 1.75. The highest BCUT2D eigenvalue weighted by atomic mass is 16.2. The third-order valence-corrected chi connectivity index (χ3v) is 5.32. The molecule has 3 rings (SSSR count). The maximum atomic E-state index is 13.0. The van der Waals surface area contributed by atoms with Crippen LogP contribution in [-0.2, 0) is 14.4 Å². The van der Waals surface area contributed by atoms with Gasteiger partial charge in [-0.05, 0) is 31.4 Å². The molecule has 25 heavy (non-hydrogen) atoms. The number of nitrogens with zero attached hydrogens (tertiary/aromatic N) is 3. The number of hydrogen-bond donors (Lipinski definition) is 0. The molecule has 1 aromatic carbocycles. The minimum Gasteiger partial charge on any atom is -0.342 e. The molecule has 0 N–H and O–H groups in total. The normalized spacial score (nSPS) is 23.7. The maximum absolute atomic E-state index is 13.0. The number of rotatable bonds is 2. The van der Waals surface area contributed by atoms with Gasteiger partial charge in [0, 0.05) is 45.2 Å². The van der Waals surface area contributed by atoms with Gasteiger partial charge in [-0.25, -0.2) is 0 Å². The van der Waals surface area contributed by atoms with E-state index in [4.69, 9.17) is 0 Å². The van der Waals surface area contributed by atoms with E-state index < -0.39 is 6.04 Å². The second-order valence-corrected chi connectivity index (χ2v) is 6.83. The zero-order chi connectivity index (χ0) is 18.0. The van der Waals surface area contributed by atoms with Crippen LogP contribution in [0.1, 0.15) is 32.6 Å². The first-order valence-electron chi connectivity index (χ1n) is 8.88. The van der Waals surface area contributed by atoms with E-state index in [-0.39, 0.29) is 30.2 Å². The molecule has 134 valence electrons. The third kappa shape index (κ3) is 3.52. The highest BCUT2D eigenvalue weighted by Gasteiger charge is 2.42. The van der Waals surface area contributed by atoms with Gasteiger partial charge in [-0.15, -0.1) is 0 Å². The standard InChI is InChI=1S/C19H25N3O3/c1-14(23)21-12-10-16-8-9-17(22(16)18(24)11-13-21)19(25)20(2)15-6-4-3-5-7-15/h3-7,16-17H,8-13H2,1-2H3/t16-,17+/m1/s1. The highest BCUT2D eigenvalue weighted by Crippen LogP contribution is 2.30. The van der Waals surface area contributed by atoms with Gasteiger partial charge in [0.25, 0.3) is 0 Å². The van der Waals surface area contributed by atoms with Crippen LogP contribution >= 0.6 is 0 Å². The van der Waals surface area contributed by atoms with Gasteiger partial charge in [0.1, 0.15) is 6.04 Å². The smallest absolute Gasteiger partial charge is 0.249 e. The molecule has 0 aromatic heterocycles. The van der Waals surface area contributed by atoms with E-state index in [0.717, 1.165) is 18.5 Å². The Hall–Kier alpha value is -2.37. The number of carbonyl (C=O) groups is 3. The minimum absolute atomic E-state index is 0.00989. The number of para-hydroxylation sites is 1. The molecule has 0 unspecified atom stereocenters. The van der Waals surface area contributed by atoms with Crippen LogP contribution in [0.2, 0.25) is 0 Å². The van der Waals surface area contributed by atoms with Crippen molar-refractivity contribution in [3.63, 3.8) is 0 Å². The van der Waals surface area contributed by atoms with Gasteiger partial charge >= 0.3 is 0 Å². The van der Waals surface area contributed by atoms with Crippen LogP contribution in [0.4, 0.5) is 5.69 Å². The number of hydrogen-bond acceptors (Lipinski definition) is 3. The van der Waals surface area contributed by atoms with Crippen LogP contribution in [0, 0.1) is 0 Å². The maximum Gasteiger partial charge on any atom is 0.249 e. The lowest BCUT2D eigenvalue weighted by Crippen LogP contribution is -2.52. The summed E-state index contributed by atoms with van der Waals surface area (Å²) in [7, 11) is 1.76. The van der Waals surface area contributed by atoms with Crippen LogP contribution < -0.4 is 4.90 Å². The first kappa shape index (κ1) is 17.5. The average Bonchev–Trinajstić information content (AvgIpc) is 3.02. The first-order chi connectivity index (χ1) is 12.0. The second-order valence-electron chi connectivity index (χ2n) is 6.83. The summed E-state index contributed by atoms with van der Waals surface area (Å²) in [6.07, 6.45) is 2.53. The molecule has 6 nitrogen and oxygen atoms in total. The van der Waals surface area contributed by atoms with Crippen LogP contribution in [0.3, 0.4) is 0 Å². The molecule has 3 amide bonds. The first-order valence-corrected chi connectivity index (χ1v) is 8.88. The molecule has 0 radical (unpaired) electrons. The van der Waals surface area contributed by atoms with E-state index >= 15 is 0 Å². The van der Waals surface area contributed by atoms with Crippen molar-refractivity contribution in [2.45, 2.75) is 44.7 Å². The fourth-order valence-electron chi connectivity index (χ4n) is 3.88. The summed E-state index contributed by atoms with van der Waals surface area (Å²) in [6.45, 7) is 2.63. The Morgan fingerprint density at radius 1 is 1.08 bits per heavy atom. The van der Waals surface area contributed by atoms with Gasteiger partial charge in [-0.3, -0.25) is 14.4 Å². The monoisotopic (exact) mass is 343 g/mol. The van der Waals surface area contributed by atoms with Crippen molar-refractivity contribution in [1.29, 1.82) is 0 Å². The molecule has 6 heteroatoms. The number of anilines is 1. The van der Waals surface area contributed by atoms with Crippen molar-refractivity contribution in [3.05, 3.63) is 30.3 Å². The molecular formula is C19H25N3O3. The summed E-state index contributed by atoms with van der Waals surface area (Å²) in [4.78, 5) is 42.5. The molecule has 0 aliphatic carbocycles. The van der Waals surface area contributed by atoms with E-state index in [1.807, 2.05) is 30.3 Å². The topological polar surface area (TPSA) is 60.9 Å². The van der Waals surface area contributed by atoms with Gasteiger partial charge < -0.3 is 14.7 Å². The molecule has 0 spiro atoms. The van der Waals surface area contributed by atoms with E-state index in [9.17, 15) is 14.4 Å². The quantitative estimate of drug-likeness (QED) is 0.820. The van der Waals surface area contributed by atoms with Crippen LogP contribution in [-0.4, -0.2) is 59.7 Å². The number of benzene rings is 1. The molecule has 2 atom stereocenters. The van der Waals surface area contributed by atoms with Crippen molar-refractivity contribution < 1.29 is 14.4 Å². The predicted molar refractivity (Wildman–Crippen MR) is 95.0 cm³/mol. The highest BCUT2D eigenvalue weighted by molar-refractivity contribution is 5.99. The number of carbonyl (C=O) groups excluding carboxylic acids is 3. The van der Waals surface area contributed by atoms with Crippen molar-refractivity contribution in [3.8, 4) is 0 Å². The van der Waals surface area contributed by atoms with Crippen molar-refractivity contribution >= 4 is 23.4 Å². The SMILES string of the molecule is CC(=O)N1CCC(=O)N2[C@H](CC[C@H]2C(=O)N(C)c2ccccc2)CC1. The molecule has 2 fully saturated rings. The summed E-state index contributed by atoms with van der Waals surface area (Å²) in [5, 5.41) is 0. The van der Waals surface area contributed by atoms with E-state index in [2.05, 4.69) is 0 Å². The van der Waals surface area contributed by atoms with Crippen molar-refractivity contribution in [2.75, 3.05) is 25.0 Å². The Bertz CT molecular complexity index is 661. The molecule has 0 bridgehead atoms. The molecule has 2 aliphatic rings. The van der Waals surface area contributed by atoms with Crippen LogP contribution in [0.25, 0.3) is 0 Å². The van der Waals surface area contributed by atoms with Crippen LogP contribution in [0.5, 0.6) is 0 Å². The summed E-state index contributed by atoms with van der Waals surface area (Å²) in [5.74, 6) is -0.0463. The molecule has 0 saturated carbocycles. The number of fused-ring (bicyclic) bond motifs is 1. The zero-order valence-electron chi connectivity index (χ0n) is 14.9. The van der Waals surface area contributed by atoms with Crippen molar-refractivity contribution in [1.82, 2.24) is 9.80 Å². The minimum atomic E-state index is -0.397. The summed E-state index contributed by atoms with van der Waals surface area (Å²) < 4.78 is 0. The lowest BCUT2D eigenvalue weighted by Gasteiger charge is -2.35. The summed E-state index contributed by atoms with van der Waals surface area (Å²) in [5.41, 5.74) is 0.832. The number of likely N-dealkylation sites (N-methyl/N-ethyl adjacent to an activating group) is 1. The zero-order valence-corrected chi connectivity index (χ0v) is 14.9. The van der Waals surface area contributed by atoms with Gasteiger partial charge in [-0.2, -0.15) is 0 Å².